The highest BCUT2D eigenvalue weighted by Crippen LogP contribution is 2.46. The quantitative estimate of drug-likeness (QED) is 0.815. The molecule has 3 nitrogen and oxygen atoms in total. The van der Waals surface area contributed by atoms with Crippen LogP contribution in [0.2, 0.25) is 0 Å². The van der Waals surface area contributed by atoms with Gasteiger partial charge in [-0.05, 0) is 17.7 Å². The summed E-state index contributed by atoms with van der Waals surface area (Å²) in [6, 6.07) is 13.2. The van der Waals surface area contributed by atoms with Crippen LogP contribution in [0.15, 0.2) is 42.5 Å². The molecule has 3 rings (SSSR count). The third-order valence-corrected chi connectivity index (χ3v) is 2.94. The summed E-state index contributed by atoms with van der Waals surface area (Å²) >= 11 is 0. The van der Waals surface area contributed by atoms with Crippen molar-refractivity contribution in [3.05, 3.63) is 48.0 Å². The normalized spacial score (nSPS) is 16.7. The Bertz CT molecular complexity index is 563. The second-order valence-electron chi connectivity index (χ2n) is 3.89. The summed E-state index contributed by atoms with van der Waals surface area (Å²) < 4.78 is 10.8. The predicted molar refractivity (Wildman–Crippen MR) is 64.0 cm³/mol. The maximum absolute atomic E-state index is 9.91. The second-order valence-corrected chi connectivity index (χ2v) is 3.89. The van der Waals surface area contributed by atoms with Crippen LogP contribution in [0.3, 0.4) is 0 Å². The van der Waals surface area contributed by atoms with Crippen LogP contribution in [-0.2, 0) is 0 Å². The minimum absolute atomic E-state index is 0.649. The van der Waals surface area contributed by atoms with Crippen LogP contribution in [-0.4, -0.2) is 12.2 Å². The van der Waals surface area contributed by atoms with E-state index in [2.05, 4.69) is 0 Å². The van der Waals surface area contributed by atoms with E-state index >= 15 is 0 Å². The molecule has 0 amide bonds. The Morgan fingerprint density at radius 1 is 1.12 bits per heavy atom. The molecular formula is C14H12O3. The van der Waals surface area contributed by atoms with Gasteiger partial charge in [0.2, 0.25) is 6.29 Å². The van der Waals surface area contributed by atoms with Crippen LogP contribution < -0.4 is 9.47 Å². The Hall–Kier alpha value is -2.00. The van der Waals surface area contributed by atoms with E-state index in [1.807, 2.05) is 42.5 Å². The predicted octanol–water partition coefficient (Wildman–Crippen LogP) is 2.75. The van der Waals surface area contributed by atoms with Gasteiger partial charge in [0.1, 0.15) is 11.5 Å². The van der Waals surface area contributed by atoms with Gasteiger partial charge in [0.25, 0.3) is 0 Å². The van der Waals surface area contributed by atoms with Crippen molar-refractivity contribution < 1.29 is 14.6 Å². The summed E-state index contributed by atoms with van der Waals surface area (Å²) in [5, 5.41) is 9.91. The molecule has 1 aliphatic heterocycles. The average molecular weight is 228 g/mol. The van der Waals surface area contributed by atoms with Crippen LogP contribution in [0.4, 0.5) is 0 Å². The van der Waals surface area contributed by atoms with Crippen molar-refractivity contribution in [3.63, 3.8) is 0 Å². The number of benzene rings is 2. The van der Waals surface area contributed by atoms with Gasteiger partial charge in [-0.15, -0.1) is 0 Å². The molecular weight excluding hydrogens is 216 g/mol. The largest absolute Gasteiger partial charge is 0.496 e. The number of ether oxygens (including phenoxy) is 2. The zero-order valence-electron chi connectivity index (χ0n) is 9.38. The minimum atomic E-state index is -0.911. The van der Waals surface area contributed by atoms with E-state index in [0.29, 0.717) is 5.75 Å². The molecule has 2 aromatic carbocycles. The maximum Gasteiger partial charge on any atom is 0.224 e. The van der Waals surface area contributed by atoms with E-state index in [1.165, 1.54) is 0 Å². The third-order valence-electron chi connectivity index (χ3n) is 2.94. The number of methoxy groups -OCH3 is 1. The molecule has 1 unspecified atom stereocenters. The lowest BCUT2D eigenvalue weighted by molar-refractivity contribution is -0.0214. The Morgan fingerprint density at radius 2 is 1.94 bits per heavy atom. The monoisotopic (exact) mass is 228 g/mol. The fourth-order valence-corrected chi connectivity index (χ4v) is 2.17. The topological polar surface area (TPSA) is 38.7 Å². The number of aliphatic hydroxyl groups excluding tert-OH is 1. The van der Waals surface area contributed by atoms with Crippen molar-refractivity contribution in [1.82, 2.24) is 0 Å². The maximum atomic E-state index is 9.91. The van der Waals surface area contributed by atoms with Crippen LogP contribution in [0.5, 0.6) is 11.5 Å². The molecule has 1 aliphatic rings. The minimum Gasteiger partial charge on any atom is -0.496 e. The first kappa shape index (κ1) is 10.2. The van der Waals surface area contributed by atoms with Gasteiger partial charge in [0.05, 0.1) is 12.7 Å². The van der Waals surface area contributed by atoms with Crippen LogP contribution in [0, 0.1) is 0 Å². The first-order valence-corrected chi connectivity index (χ1v) is 5.42. The van der Waals surface area contributed by atoms with Gasteiger partial charge in [0.15, 0.2) is 0 Å². The number of hydrogen-bond donors (Lipinski definition) is 1. The van der Waals surface area contributed by atoms with E-state index in [1.54, 1.807) is 7.11 Å². The molecule has 1 atom stereocenters. The molecule has 3 heteroatoms. The summed E-state index contributed by atoms with van der Waals surface area (Å²) in [5.74, 6) is 1.40. The lowest BCUT2D eigenvalue weighted by Crippen LogP contribution is -2.13. The molecule has 2 aromatic rings. The molecule has 0 saturated heterocycles. The van der Waals surface area contributed by atoms with E-state index in [9.17, 15) is 5.11 Å². The fraction of sp³-hybridized carbons (Fsp3) is 0.143. The molecule has 0 radical (unpaired) electrons. The van der Waals surface area contributed by atoms with Crippen molar-refractivity contribution in [2.75, 3.05) is 7.11 Å². The van der Waals surface area contributed by atoms with Crippen LogP contribution in [0.1, 0.15) is 11.9 Å². The van der Waals surface area contributed by atoms with E-state index in [-0.39, 0.29) is 0 Å². The Morgan fingerprint density at radius 3 is 2.76 bits per heavy atom. The molecule has 86 valence electrons. The van der Waals surface area contributed by atoms with E-state index < -0.39 is 6.29 Å². The molecule has 0 aliphatic carbocycles. The number of fused-ring (bicyclic) bond motifs is 3. The Kier molecular flexibility index (Phi) is 2.27. The highest BCUT2D eigenvalue weighted by Gasteiger charge is 2.26. The number of aliphatic hydroxyl groups is 1. The number of hydrogen-bond acceptors (Lipinski definition) is 3. The van der Waals surface area contributed by atoms with Crippen molar-refractivity contribution in [2.24, 2.45) is 0 Å². The molecule has 17 heavy (non-hydrogen) atoms. The van der Waals surface area contributed by atoms with Crippen LogP contribution in [0.25, 0.3) is 11.1 Å². The van der Waals surface area contributed by atoms with Crippen molar-refractivity contribution in [3.8, 4) is 22.6 Å². The summed E-state index contributed by atoms with van der Waals surface area (Å²) in [4.78, 5) is 0. The lowest BCUT2D eigenvalue weighted by atomic mass is 9.95. The first-order valence-electron chi connectivity index (χ1n) is 5.42. The molecule has 0 spiro atoms. The summed E-state index contributed by atoms with van der Waals surface area (Å²) in [7, 11) is 1.63. The lowest BCUT2D eigenvalue weighted by Gasteiger charge is -2.26. The molecule has 1 heterocycles. The zero-order valence-corrected chi connectivity index (χ0v) is 9.38. The van der Waals surface area contributed by atoms with Gasteiger partial charge >= 0.3 is 0 Å². The first-order chi connectivity index (χ1) is 8.31. The second kappa shape index (κ2) is 3.79. The fourth-order valence-electron chi connectivity index (χ4n) is 2.17. The van der Waals surface area contributed by atoms with E-state index in [0.717, 1.165) is 22.4 Å². The van der Waals surface area contributed by atoms with Gasteiger partial charge in [-0.25, -0.2) is 0 Å². The summed E-state index contributed by atoms with van der Waals surface area (Å²) in [6.07, 6.45) is -0.911. The summed E-state index contributed by atoms with van der Waals surface area (Å²) in [6.45, 7) is 0. The molecule has 0 saturated carbocycles. The van der Waals surface area contributed by atoms with Gasteiger partial charge in [-0.3, -0.25) is 0 Å². The van der Waals surface area contributed by atoms with Crippen LogP contribution >= 0.6 is 0 Å². The molecule has 0 bridgehead atoms. The molecule has 0 fully saturated rings. The zero-order chi connectivity index (χ0) is 11.8. The Balaban J connectivity index is 2.31. The summed E-state index contributed by atoms with van der Waals surface area (Å²) in [5.41, 5.74) is 2.62. The third kappa shape index (κ3) is 1.47. The highest BCUT2D eigenvalue weighted by atomic mass is 16.6. The van der Waals surface area contributed by atoms with Gasteiger partial charge in [0, 0.05) is 5.56 Å². The average Bonchev–Trinajstić information content (AvgIpc) is 2.38. The SMILES string of the molecule is COc1cccc2c1-c1ccccc1C(O)O2. The van der Waals surface area contributed by atoms with Crippen molar-refractivity contribution in [2.45, 2.75) is 6.29 Å². The van der Waals surface area contributed by atoms with Gasteiger partial charge in [-0.2, -0.15) is 0 Å². The molecule has 1 N–H and O–H groups in total. The standard InChI is InChI=1S/C14H12O3/c1-16-11-7-4-8-12-13(11)9-5-2-3-6-10(9)14(15)17-12/h2-8,14-15H,1H3. The van der Waals surface area contributed by atoms with Crippen molar-refractivity contribution in [1.29, 1.82) is 0 Å². The molecule has 0 aromatic heterocycles. The smallest absolute Gasteiger partial charge is 0.224 e. The number of rotatable bonds is 1. The Labute approximate surface area is 99.2 Å². The van der Waals surface area contributed by atoms with Crippen molar-refractivity contribution >= 4 is 0 Å². The highest BCUT2D eigenvalue weighted by molar-refractivity contribution is 5.80. The van der Waals surface area contributed by atoms with Gasteiger partial charge in [-0.1, -0.05) is 30.3 Å². The van der Waals surface area contributed by atoms with E-state index in [4.69, 9.17) is 9.47 Å². The van der Waals surface area contributed by atoms with Gasteiger partial charge < -0.3 is 14.6 Å².